The van der Waals surface area contributed by atoms with E-state index in [0.29, 0.717) is 0 Å². The van der Waals surface area contributed by atoms with Gasteiger partial charge in [-0.1, -0.05) is 6.92 Å². The van der Waals surface area contributed by atoms with Crippen molar-refractivity contribution in [1.82, 2.24) is 4.98 Å². The molecule has 0 radical (unpaired) electrons. The minimum Gasteiger partial charge on any atom is -0.483 e. The minimum atomic E-state index is -0.250. The van der Waals surface area contributed by atoms with Crippen LogP contribution >= 0.6 is 15.9 Å². The van der Waals surface area contributed by atoms with Gasteiger partial charge in [-0.15, -0.1) is 0 Å². The molecule has 0 saturated heterocycles. The van der Waals surface area contributed by atoms with E-state index in [9.17, 15) is 0 Å². The molecule has 1 aromatic heterocycles. The van der Waals surface area contributed by atoms with E-state index in [4.69, 9.17) is 9.90 Å². The molecule has 0 fully saturated rings. The van der Waals surface area contributed by atoms with Crippen LogP contribution in [-0.4, -0.2) is 16.6 Å². The van der Waals surface area contributed by atoms with Gasteiger partial charge in [-0.2, -0.15) is 0 Å². The predicted octanol–water partition coefficient (Wildman–Crippen LogP) is 2.11. The Kier molecular flexibility index (Phi) is 6.28. The van der Waals surface area contributed by atoms with Gasteiger partial charge in [0.05, 0.1) is 0 Å². The molecule has 1 rings (SSSR count). The van der Waals surface area contributed by atoms with Crippen LogP contribution in [0.4, 0.5) is 0 Å². The summed E-state index contributed by atoms with van der Waals surface area (Å²) in [6.07, 6.45) is 2.83. The molecular weight excluding hydrogens is 222 g/mol. The molecule has 12 heavy (non-hydrogen) atoms. The van der Waals surface area contributed by atoms with Crippen molar-refractivity contribution in [1.29, 1.82) is 0 Å². The van der Waals surface area contributed by atoms with Gasteiger partial charge in [0, 0.05) is 16.4 Å². The van der Waals surface area contributed by atoms with E-state index in [-0.39, 0.29) is 6.47 Å². The van der Waals surface area contributed by atoms with Crippen molar-refractivity contribution in [2.75, 3.05) is 0 Å². The van der Waals surface area contributed by atoms with Gasteiger partial charge >= 0.3 is 0 Å². The average molecular weight is 232 g/mol. The third kappa shape index (κ3) is 4.85. The highest BCUT2D eigenvalue weighted by atomic mass is 79.9. The molecule has 3 nitrogen and oxygen atoms in total. The number of halogens is 1. The molecule has 0 unspecified atom stereocenters. The molecule has 66 valence electrons. The molecule has 0 bridgehead atoms. The zero-order valence-electron chi connectivity index (χ0n) is 6.70. The third-order valence-corrected chi connectivity index (χ3v) is 1.62. The number of pyridine rings is 1. The number of aryl methyl sites for hydroxylation is 1. The second-order valence-corrected chi connectivity index (χ2v) is 2.84. The van der Waals surface area contributed by atoms with Crippen LogP contribution in [0.5, 0.6) is 0 Å². The molecule has 0 amide bonds. The number of nitrogens with zero attached hydrogens (tertiary/aromatic N) is 1. The Morgan fingerprint density at radius 3 is 2.58 bits per heavy atom. The second-order valence-electron chi connectivity index (χ2n) is 1.93. The van der Waals surface area contributed by atoms with Crippen LogP contribution in [0.1, 0.15) is 12.6 Å². The van der Waals surface area contributed by atoms with E-state index < -0.39 is 0 Å². The van der Waals surface area contributed by atoms with Crippen LogP contribution in [-0.2, 0) is 11.2 Å². The maximum Gasteiger partial charge on any atom is 0.290 e. The van der Waals surface area contributed by atoms with Crippen LogP contribution in [0.25, 0.3) is 0 Å². The summed E-state index contributed by atoms with van der Waals surface area (Å²) in [5.74, 6) is 0. The Morgan fingerprint density at radius 1 is 1.67 bits per heavy atom. The number of carboxylic acid groups (broad SMARTS) is 1. The average Bonchev–Trinajstić information content (AvgIpc) is 2.07. The summed E-state index contributed by atoms with van der Waals surface area (Å²) in [7, 11) is 0. The van der Waals surface area contributed by atoms with Crippen molar-refractivity contribution >= 4 is 22.4 Å². The molecule has 0 saturated carbocycles. The van der Waals surface area contributed by atoms with Crippen LogP contribution < -0.4 is 0 Å². The summed E-state index contributed by atoms with van der Waals surface area (Å²) in [4.78, 5) is 12.5. The van der Waals surface area contributed by atoms with Crippen molar-refractivity contribution in [2.45, 2.75) is 13.3 Å². The largest absolute Gasteiger partial charge is 0.483 e. The van der Waals surface area contributed by atoms with Gasteiger partial charge in [-0.3, -0.25) is 9.78 Å². The smallest absolute Gasteiger partial charge is 0.290 e. The first-order chi connectivity index (χ1) is 5.74. The molecule has 1 aromatic rings. The molecule has 4 heteroatoms. The molecule has 1 N–H and O–H groups in total. The summed E-state index contributed by atoms with van der Waals surface area (Å²) >= 11 is 3.31. The van der Waals surface area contributed by atoms with Gasteiger partial charge in [0.25, 0.3) is 6.47 Å². The lowest BCUT2D eigenvalue weighted by Crippen LogP contribution is -1.83. The first-order valence-electron chi connectivity index (χ1n) is 3.42. The van der Waals surface area contributed by atoms with Crippen LogP contribution in [0.15, 0.2) is 22.8 Å². The molecular formula is C8H10BrNO2. The van der Waals surface area contributed by atoms with Crippen molar-refractivity contribution in [3.8, 4) is 0 Å². The Balaban J connectivity index is 0.000000354. The highest BCUT2D eigenvalue weighted by Gasteiger charge is 1.87. The van der Waals surface area contributed by atoms with E-state index >= 15 is 0 Å². The summed E-state index contributed by atoms with van der Waals surface area (Å²) in [5, 5.41) is 6.89. The standard InChI is InChI=1S/C7H8BrN.CH2O2/c1-2-7-4-3-6(8)5-9-7;2-1-3/h3-5H,2H2,1H3;1H,(H,2,3). The van der Waals surface area contributed by atoms with E-state index in [0.717, 1.165) is 16.6 Å². The van der Waals surface area contributed by atoms with Crippen molar-refractivity contribution in [3.05, 3.63) is 28.5 Å². The van der Waals surface area contributed by atoms with Crippen LogP contribution in [0, 0.1) is 0 Å². The summed E-state index contributed by atoms with van der Waals surface area (Å²) in [6.45, 7) is 1.84. The molecule has 0 aliphatic rings. The lowest BCUT2D eigenvalue weighted by atomic mass is 10.3. The van der Waals surface area contributed by atoms with Gasteiger partial charge in [0.2, 0.25) is 0 Å². The molecule has 0 spiro atoms. The van der Waals surface area contributed by atoms with Gasteiger partial charge in [0.1, 0.15) is 0 Å². The molecule has 0 aliphatic carbocycles. The number of hydrogen-bond acceptors (Lipinski definition) is 2. The Hall–Kier alpha value is -0.900. The number of hydrogen-bond donors (Lipinski definition) is 1. The SMILES string of the molecule is CCc1ccc(Br)cn1.O=CO. The zero-order valence-corrected chi connectivity index (χ0v) is 8.28. The normalized spacial score (nSPS) is 8.17. The zero-order chi connectivity index (χ0) is 9.40. The Labute approximate surface area is 79.6 Å². The van der Waals surface area contributed by atoms with Crippen LogP contribution in [0.2, 0.25) is 0 Å². The predicted molar refractivity (Wildman–Crippen MR) is 50.0 cm³/mol. The lowest BCUT2D eigenvalue weighted by Gasteiger charge is -1.92. The van der Waals surface area contributed by atoms with Gasteiger partial charge in [0.15, 0.2) is 0 Å². The molecule has 1 heterocycles. The first kappa shape index (κ1) is 11.1. The summed E-state index contributed by atoms with van der Waals surface area (Å²) < 4.78 is 1.04. The highest BCUT2D eigenvalue weighted by Crippen LogP contribution is 2.06. The maximum absolute atomic E-state index is 8.36. The van der Waals surface area contributed by atoms with E-state index in [1.54, 1.807) is 0 Å². The first-order valence-corrected chi connectivity index (χ1v) is 4.22. The maximum atomic E-state index is 8.36. The second kappa shape index (κ2) is 6.79. The Bertz CT molecular complexity index is 223. The van der Waals surface area contributed by atoms with Crippen LogP contribution in [0.3, 0.4) is 0 Å². The van der Waals surface area contributed by atoms with Crippen molar-refractivity contribution in [2.24, 2.45) is 0 Å². The van der Waals surface area contributed by atoms with Gasteiger partial charge < -0.3 is 5.11 Å². The molecule has 0 atom stereocenters. The monoisotopic (exact) mass is 231 g/mol. The van der Waals surface area contributed by atoms with E-state index in [1.165, 1.54) is 0 Å². The number of carbonyl (C=O) groups is 1. The fraction of sp³-hybridized carbons (Fsp3) is 0.250. The fourth-order valence-corrected chi connectivity index (χ4v) is 0.850. The topological polar surface area (TPSA) is 50.2 Å². The number of rotatable bonds is 1. The van der Waals surface area contributed by atoms with E-state index in [2.05, 4.69) is 27.8 Å². The Morgan fingerprint density at radius 2 is 2.25 bits per heavy atom. The molecule has 0 aromatic carbocycles. The lowest BCUT2D eigenvalue weighted by molar-refractivity contribution is -0.122. The van der Waals surface area contributed by atoms with E-state index in [1.807, 2.05) is 18.3 Å². The third-order valence-electron chi connectivity index (χ3n) is 1.15. The van der Waals surface area contributed by atoms with Crippen molar-refractivity contribution < 1.29 is 9.90 Å². The van der Waals surface area contributed by atoms with Gasteiger partial charge in [-0.05, 0) is 34.5 Å². The van der Waals surface area contributed by atoms with Crippen molar-refractivity contribution in [3.63, 3.8) is 0 Å². The van der Waals surface area contributed by atoms with Gasteiger partial charge in [-0.25, -0.2) is 0 Å². The minimum absolute atomic E-state index is 0.250. The quantitative estimate of drug-likeness (QED) is 0.754. The summed E-state index contributed by atoms with van der Waals surface area (Å²) in [5.41, 5.74) is 1.14. The number of aromatic nitrogens is 1. The fourth-order valence-electron chi connectivity index (χ4n) is 0.616. The highest BCUT2D eigenvalue weighted by molar-refractivity contribution is 9.10. The summed E-state index contributed by atoms with van der Waals surface area (Å²) in [6, 6.07) is 4.02. The molecule has 0 aliphatic heterocycles.